The fourth-order valence-electron chi connectivity index (χ4n) is 4.11. The summed E-state index contributed by atoms with van der Waals surface area (Å²) in [6, 6.07) is 10.7. The number of rotatable bonds is 6. The van der Waals surface area contributed by atoms with Crippen LogP contribution in [0, 0.1) is 6.92 Å². The Bertz CT molecular complexity index is 1180. The summed E-state index contributed by atoms with van der Waals surface area (Å²) in [5, 5.41) is 3.59. The third kappa shape index (κ3) is 5.18. The van der Waals surface area contributed by atoms with Gasteiger partial charge in [-0.05, 0) is 56.7 Å². The molecule has 4 rings (SSSR count). The van der Waals surface area contributed by atoms with Crippen LogP contribution in [0.4, 0.5) is 10.5 Å². The second-order valence-electron chi connectivity index (χ2n) is 8.37. The van der Waals surface area contributed by atoms with Crippen LogP contribution in [0.1, 0.15) is 35.7 Å². The van der Waals surface area contributed by atoms with Crippen LogP contribution in [0.2, 0.25) is 5.02 Å². The highest BCUT2D eigenvalue weighted by molar-refractivity contribution is 6.31. The molecule has 1 fully saturated rings. The van der Waals surface area contributed by atoms with E-state index in [1.54, 1.807) is 28.0 Å². The van der Waals surface area contributed by atoms with Gasteiger partial charge in [-0.25, -0.2) is 9.78 Å². The van der Waals surface area contributed by atoms with E-state index >= 15 is 0 Å². The first-order valence-electron chi connectivity index (χ1n) is 11.6. The number of urea groups is 1. The summed E-state index contributed by atoms with van der Waals surface area (Å²) in [5.74, 6) is 0.605. The molecule has 2 heterocycles. The summed E-state index contributed by atoms with van der Waals surface area (Å²) in [7, 11) is 0. The smallest absolute Gasteiger partial charge is 0.321 e. The number of carbonyl (C=O) groups is 2. The fraction of sp³-hybridized carbons (Fsp3) is 0.400. The molecule has 1 aromatic heterocycles. The molecule has 1 aliphatic heterocycles. The summed E-state index contributed by atoms with van der Waals surface area (Å²) in [4.78, 5) is 35.7. The summed E-state index contributed by atoms with van der Waals surface area (Å²) in [5.41, 5.74) is 3.55. The maximum absolute atomic E-state index is 12.7. The molecule has 3 amide bonds. The number of nitrogens with zero attached hydrogens (tertiary/aromatic N) is 4. The maximum Gasteiger partial charge on any atom is 0.321 e. The molecule has 3 aromatic rings. The Morgan fingerprint density at radius 2 is 1.85 bits per heavy atom. The van der Waals surface area contributed by atoms with Gasteiger partial charge in [-0.3, -0.25) is 9.69 Å². The van der Waals surface area contributed by atoms with E-state index in [1.165, 1.54) is 0 Å². The first kappa shape index (κ1) is 24.0. The topological polar surface area (TPSA) is 81.9 Å². The quantitative estimate of drug-likeness (QED) is 0.553. The Balaban J connectivity index is 1.34. The van der Waals surface area contributed by atoms with Crippen molar-refractivity contribution in [1.29, 1.82) is 0 Å². The molecule has 1 N–H and O–H groups in total. The van der Waals surface area contributed by atoms with Crippen LogP contribution in [0.5, 0.6) is 0 Å². The summed E-state index contributed by atoms with van der Waals surface area (Å²) < 4.78 is 5.91. The minimum Gasteiger partial charge on any atom is -0.439 e. The van der Waals surface area contributed by atoms with Gasteiger partial charge < -0.3 is 19.5 Å². The zero-order chi connectivity index (χ0) is 24.2. The van der Waals surface area contributed by atoms with Gasteiger partial charge in [0.1, 0.15) is 5.52 Å². The molecule has 0 radical (unpaired) electrons. The van der Waals surface area contributed by atoms with E-state index in [1.807, 2.05) is 39.0 Å². The predicted molar refractivity (Wildman–Crippen MR) is 133 cm³/mol. The van der Waals surface area contributed by atoms with Gasteiger partial charge in [-0.15, -0.1) is 0 Å². The molecule has 0 aliphatic carbocycles. The van der Waals surface area contributed by atoms with Crippen molar-refractivity contribution in [2.24, 2.45) is 0 Å². The molecule has 0 spiro atoms. The Kier molecular flexibility index (Phi) is 7.38. The van der Waals surface area contributed by atoms with E-state index in [4.69, 9.17) is 16.0 Å². The number of oxazole rings is 1. The Morgan fingerprint density at radius 1 is 1.12 bits per heavy atom. The number of nitrogens with one attached hydrogen (secondary N) is 1. The minimum absolute atomic E-state index is 0.00110. The van der Waals surface area contributed by atoms with Gasteiger partial charge in [-0.2, -0.15) is 0 Å². The number of fused-ring (bicyclic) bond motifs is 1. The van der Waals surface area contributed by atoms with E-state index in [0.29, 0.717) is 73.4 Å². The SMILES string of the molecule is CCN(CC)C(=O)c1ccc2oc(CN3CCN(C(=O)Nc4cccc(Cl)c4C)CC3)nc2c1. The van der Waals surface area contributed by atoms with Gasteiger partial charge in [0.15, 0.2) is 5.58 Å². The van der Waals surface area contributed by atoms with Gasteiger partial charge in [0.05, 0.1) is 6.54 Å². The lowest BCUT2D eigenvalue weighted by molar-refractivity contribution is 0.0773. The molecule has 1 aliphatic rings. The first-order valence-corrected chi connectivity index (χ1v) is 12.0. The molecular formula is C25H30ClN5O3. The number of anilines is 1. The van der Waals surface area contributed by atoms with Crippen molar-refractivity contribution < 1.29 is 14.0 Å². The largest absolute Gasteiger partial charge is 0.439 e. The summed E-state index contributed by atoms with van der Waals surface area (Å²) in [6.07, 6.45) is 0. The average molecular weight is 484 g/mol. The number of hydrogen-bond acceptors (Lipinski definition) is 5. The zero-order valence-electron chi connectivity index (χ0n) is 19.8. The van der Waals surface area contributed by atoms with Gasteiger partial charge in [0, 0.05) is 55.5 Å². The van der Waals surface area contributed by atoms with Crippen molar-refractivity contribution in [3.63, 3.8) is 0 Å². The van der Waals surface area contributed by atoms with Crippen LogP contribution in [0.25, 0.3) is 11.1 Å². The minimum atomic E-state index is -0.128. The van der Waals surface area contributed by atoms with E-state index in [2.05, 4.69) is 15.2 Å². The van der Waals surface area contributed by atoms with Crippen LogP contribution in [0.3, 0.4) is 0 Å². The average Bonchev–Trinajstić information content (AvgIpc) is 3.24. The van der Waals surface area contributed by atoms with Gasteiger partial charge in [-0.1, -0.05) is 17.7 Å². The van der Waals surface area contributed by atoms with E-state index in [9.17, 15) is 9.59 Å². The Hall–Kier alpha value is -3.10. The third-order valence-corrected chi connectivity index (χ3v) is 6.67. The van der Waals surface area contributed by atoms with Crippen molar-refractivity contribution in [2.75, 3.05) is 44.6 Å². The van der Waals surface area contributed by atoms with Crippen LogP contribution >= 0.6 is 11.6 Å². The van der Waals surface area contributed by atoms with Gasteiger partial charge in [0.25, 0.3) is 5.91 Å². The normalized spacial score (nSPS) is 14.4. The molecule has 180 valence electrons. The monoisotopic (exact) mass is 483 g/mol. The number of carbonyl (C=O) groups excluding carboxylic acids is 2. The van der Waals surface area contributed by atoms with Crippen molar-refractivity contribution in [3.8, 4) is 0 Å². The maximum atomic E-state index is 12.7. The second-order valence-corrected chi connectivity index (χ2v) is 8.78. The van der Waals surface area contributed by atoms with Crippen molar-refractivity contribution in [2.45, 2.75) is 27.3 Å². The number of benzene rings is 2. The fourth-order valence-corrected chi connectivity index (χ4v) is 4.28. The van der Waals surface area contributed by atoms with Crippen LogP contribution in [-0.4, -0.2) is 70.9 Å². The summed E-state index contributed by atoms with van der Waals surface area (Å²) in [6.45, 7) is 10.3. The van der Waals surface area contributed by atoms with E-state index in [-0.39, 0.29) is 11.9 Å². The van der Waals surface area contributed by atoms with Crippen LogP contribution in [0.15, 0.2) is 40.8 Å². The molecule has 1 saturated heterocycles. The lowest BCUT2D eigenvalue weighted by Crippen LogP contribution is -2.49. The zero-order valence-corrected chi connectivity index (χ0v) is 20.6. The molecule has 0 unspecified atom stereocenters. The molecule has 9 heteroatoms. The molecule has 2 aromatic carbocycles. The Morgan fingerprint density at radius 3 is 2.56 bits per heavy atom. The van der Waals surface area contributed by atoms with Crippen molar-refractivity contribution in [3.05, 3.63) is 58.4 Å². The Labute approximate surface area is 204 Å². The molecule has 34 heavy (non-hydrogen) atoms. The number of halogens is 1. The number of aromatic nitrogens is 1. The molecule has 0 bridgehead atoms. The number of amides is 3. The second kappa shape index (κ2) is 10.4. The standard InChI is InChI=1S/C25H30ClN5O3/c1-4-30(5-2)24(32)18-9-10-22-21(15-18)27-23(34-22)16-29-11-13-31(14-12-29)25(33)28-20-8-6-7-19(26)17(20)3/h6-10,15H,4-5,11-14,16H2,1-3H3,(H,28,33). The first-order chi connectivity index (χ1) is 16.4. The van der Waals surface area contributed by atoms with E-state index in [0.717, 1.165) is 11.3 Å². The van der Waals surface area contributed by atoms with Gasteiger partial charge >= 0.3 is 6.03 Å². The highest BCUT2D eigenvalue weighted by atomic mass is 35.5. The molecule has 0 saturated carbocycles. The third-order valence-electron chi connectivity index (χ3n) is 6.26. The lowest BCUT2D eigenvalue weighted by Gasteiger charge is -2.34. The van der Waals surface area contributed by atoms with Crippen molar-refractivity contribution >= 4 is 40.3 Å². The van der Waals surface area contributed by atoms with E-state index < -0.39 is 0 Å². The van der Waals surface area contributed by atoms with Crippen LogP contribution < -0.4 is 5.32 Å². The van der Waals surface area contributed by atoms with Crippen molar-refractivity contribution in [1.82, 2.24) is 19.7 Å². The molecule has 8 nitrogen and oxygen atoms in total. The lowest BCUT2D eigenvalue weighted by atomic mass is 10.2. The van der Waals surface area contributed by atoms with Crippen LogP contribution in [-0.2, 0) is 6.54 Å². The predicted octanol–water partition coefficient (Wildman–Crippen LogP) is 4.62. The molecule has 0 atom stereocenters. The highest BCUT2D eigenvalue weighted by Crippen LogP contribution is 2.24. The summed E-state index contributed by atoms with van der Waals surface area (Å²) >= 11 is 6.15. The molecular weight excluding hydrogens is 454 g/mol. The number of piperazine rings is 1. The highest BCUT2D eigenvalue weighted by Gasteiger charge is 2.23. The van der Waals surface area contributed by atoms with Gasteiger partial charge in [0.2, 0.25) is 5.89 Å². The number of hydrogen-bond donors (Lipinski definition) is 1.